The van der Waals surface area contributed by atoms with E-state index in [9.17, 15) is 4.79 Å². The van der Waals surface area contributed by atoms with Gasteiger partial charge in [-0.25, -0.2) is 4.98 Å². The van der Waals surface area contributed by atoms with Gasteiger partial charge in [0.15, 0.2) is 0 Å². The first kappa shape index (κ1) is 14.5. The first-order valence-corrected chi connectivity index (χ1v) is 6.88. The van der Waals surface area contributed by atoms with Crippen LogP contribution in [-0.2, 0) is 0 Å². The first-order valence-electron chi connectivity index (χ1n) is 6.09. The lowest BCUT2D eigenvalue weighted by Crippen LogP contribution is -2.27. The molecule has 1 atom stereocenters. The van der Waals surface area contributed by atoms with E-state index in [1.54, 1.807) is 12.1 Å². The molecule has 1 aromatic heterocycles. The summed E-state index contributed by atoms with van der Waals surface area (Å²) in [5.74, 6) is 5.03. The predicted molar refractivity (Wildman–Crippen MR) is 82.1 cm³/mol. The summed E-state index contributed by atoms with van der Waals surface area (Å²) in [7, 11) is 0. The second kappa shape index (κ2) is 6.49. The molecule has 0 spiro atoms. The number of nitrogens with one attached hydrogen (secondary N) is 2. The Morgan fingerprint density at radius 2 is 2.15 bits per heavy atom. The normalized spacial score (nSPS) is 11.8. The molecule has 0 radical (unpaired) electrons. The number of amides is 1. The highest BCUT2D eigenvalue weighted by Gasteiger charge is 2.12. The average Bonchev–Trinajstić information content (AvgIpc) is 2.47. The molecule has 1 unspecified atom stereocenters. The van der Waals surface area contributed by atoms with E-state index in [-0.39, 0.29) is 11.9 Å². The van der Waals surface area contributed by atoms with Gasteiger partial charge in [0.1, 0.15) is 5.69 Å². The molecule has 0 aliphatic heterocycles. The zero-order valence-corrected chi connectivity index (χ0v) is 12.5. The summed E-state index contributed by atoms with van der Waals surface area (Å²) in [4.78, 5) is 16.1. The summed E-state index contributed by atoms with van der Waals surface area (Å²) >= 11 is 3.41. The fourth-order valence-electron chi connectivity index (χ4n) is 1.74. The van der Waals surface area contributed by atoms with Crippen LogP contribution in [-0.4, -0.2) is 10.9 Å². The molecular weight excluding hydrogens is 320 g/mol. The summed E-state index contributed by atoms with van der Waals surface area (Å²) in [6.07, 6.45) is 1.51. The quantitative estimate of drug-likeness (QED) is 0.593. The van der Waals surface area contributed by atoms with Crippen LogP contribution in [0.2, 0.25) is 0 Å². The summed E-state index contributed by atoms with van der Waals surface area (Å²) in [5.41, 5.74) is 4.49. The van der Waals surface area contributed by atoms with E-state index in [4.69, 9.17) is 5.84 Å². The zero-order chi connectivity index (χ0) is 14.5. The Morgan fingerprint density at radius 3 is 2.75 bits per heavy atom. The van der Waals surface area contributed by atoms with E-state index in [1.165, 1.54) is 6.20 Å². The molecule has 0 bridgehead atoms. The van der Waals surface area contributed by atoms with Crippen molar-refractivity contribution in [2.24, 2.45) is 5.84 Å². The molecule has 1 aromatic carbocycles. The number of hydrazine groups is 1. The van der Waals surface area contributed by atoms with Gasteiger partial charge in [-0.05, 0) is 36.8 Å². The molecule has 0 saturated heterocycles. The van der Waals surface area contributed by atoms with Crippen molar-refractivity contribution in [1.29, 1.82) is 0 Å². The smallest absolute Gasteiger partial charge is 0.270 e. The Balaban J connectivity index is 2.06. The van der Waals surface area contributed by atoms with E-state index in [2.05, 4.69) is 31.7 Å². The second-order valence-corrected chi connectivity index (χ2v) is 5.24. The van der Waals surface area contributed by atoms with Gasteiger partial charge < -0.3 is 10.7 Å². The van der Waals surface area contributed by atoms with Crippen molar-refractivity contribution >= 4 is 27.5 Å². The number of nitrogens with two attached hydrogens (primary N) is 1. The number of hydrogen-bond donors (Lipinski definition) is 3. The van der Waals surface area contributed by atoms with E-state index in [0.29, 0.717) is 11.4 Å². The molecule has 0 aliphatic rings. The van der Waals surface area contributed by atoms with Crippen LogP contribution in [0.15, 0.2) is 47.1 Å². The minimum absolute atomic E-state index is 0.103. The van der Waals surface area contributed by atoms with Gasteiger partial charge in [0.2, 0.25) is 0 Å². The van der Waals surface area contributed by atoms with Crippen LogP contribution in [0.3, 0.4) is 0 Å². The highest BCUT2D eigenvalue weighted by molar-refractivity contribution is 9.10. The number of carbonyl (C=O) groups excluding carboxylic acids is 1. The summed E-state index contributed by atoms with van der Waals surface area (Å²) in [6.45, 7) is 1.93. The lowest BCUT2D eigenvalue weighted by Gasteiger charge is -2.14. The predicted octanol–water partition coefficient (Wildman–Crippen LogP) is 2.62. The van der Waals surface area contributed by atoms with Gasteiger partial charge in [0, 0.05) is 4.47 Å². The molecule has 4 N–H and O–H groups in total. The Labute approximate surface area is 125 Å². The first-order chi connectivity index (χ1) is 9.60. The van der Waals surface area contributed by atoms with Crippen LogP contribution in [0.25, 0.3) is 0 Å². The van der Waals surface area contributed by atoms with Crippen molar-refractivity contribution in [3.05, 3.63) is 58.3 Å². The van der Waals surface area contributed by atoms with Crippen molar-refractivity contribution in [3.8, 4) is 0 Å². The molecular formula is C14H15BrN4O. The molecule has 2 rings (SSSR count). The molecule has 104 valence electrons. The minimum Gasteiger partial charge on any atom is -0.344 e. The Bertz CT molecular complexity index is 600. The maximum absolute atomic E-state index is 12.1. The summed E-state index contributed by atoms with van der Waals surface area (Å²) in [5, 5.41) is 2.90. The van der Waals surface area contributed by atoms with E-state index in [0.717, 1.165) is 10.0 Å². The maximum Gasteiger partial charge on any atom is 0.270 e. The fourth-order valence-corrected chi connectivity index (χ4v) is 2.16. The number of aromatic nitrogens is 1. The number of pyridine rings is 1. The van der Waals surface area contributed by atoms with Crippen LogP contribution >= 0.6 is 15.9 Å². The number of rotatable bonds is 4. The standard InChI is InChI=1S/C14H15BrN4O/c1-9(10-3-2-4-11(15)7-10)18-14(20)13-6-5-12(19-16)8-17-13/h2-9,19H,16H2,1H3,(H,18,20). The summed E-state index contributed by atoms with van der Waals surface area (Å²) < 4.78 is 0.979. The Hall–Kier alpha value is -1.92. The van der Waals surface area contributed by atoms with E-state index < -0.39 is 0 Å². The molecule has 1 heterocycles. The van der Waals surface area contributed by atoms with Crippen LogP contribution < -0.4 is 16.6 Å². The average molecular weight is 335 g/mol. The van der Waals surface area contributed by atoms with Crippen molar-refractivity contribution in [2.45, 2.75) is 13.0 Å². The molecule has 20 heavy (non-hydrogen) atoms. The van der Waals surface area contributed by atoms with Gasteiger partial charge in [-0.1, -0.05) is 28.1 Å². The van der Waals surface area contributed by atoms with E-state index in [1.807, 2.05) is 31.2 Å². The van der Waals surface area contributed by atoms with Gasteiger partial charge in [-0.2, -0.15) is 0 Å². The van der Waals surface area contributed by atoms with Crippen LogP contribution in [0.4, 0.5) is 5.69 Å². The zero-order valence-electron chi connectivity index (χ0n) is 10.9. The van der Waals surface area contributed by atoms with Gasteiger partial charge in [0.25, 0.3) is 5.91 Å². The number of nitrogens with zero attached hydrogens (tertiary/aromatic N) is 1. The maximum atomic E-state index is 12.1. The van der Waals surface area contributed by atoms with Crippen molar-refractivity contribution in [3.63, 3.8) is 0 Å². The molecule has 2 aromatic rings. The lowest BCUT2D eigenvalue weighted by atomic mass is 10.1. The lowest BCUT2D eigenvalue weighted by molar-refractivity contribution is 0.0935. The SMILES string of the molecule is CC(NC(=O)c1ccc(NN)cn1)c1cccc(Br)c1. The van der Waals surface area contributed by atoms with Crippen LogP contribution in [0, 0.1) is 0 Å². The largest absolute Gasteiger partial charge is 0.344 e. The molecule has 5 nitrogen and oxygen atoms in total. The Kier molecular flexibility index (Phi) is 4.70. The molecule has 0 saturated carbocycles. The number of nitrogen functional groups attached to an aromatic ring is 1. The molecule has 1 amide bonds. The van der Waals surface area contributed by atoms with Gasteiger partial charge in [-0.3, -0.25) is 10.6 Å². The van der Waals surface area contributed by atoms with Gasteiger partial charge in [-0.15, -0.1) is 0 Å². The Morgan fingerprint density at radius 1 is 1.35 bits per heavy atom. The second-order valence-electron chi connectivity index (χ2n) is 4.33. The van der Waals surface area contributed by atoms with Crippen molar-refractivity contribution in [1.82, 2.24) is 10.3 Å². The monoisotopic (exact) mass is 334 g/mol. The third-order valence-corrected chi connectivity index (χ3v) is 3.35. The van der Waals surface area contributed by atoms with Gasteiger partial charge in [0.05, 0.1) is 17.9 Å². The molecule has 0 aliphatic carbocycles. The van der Waals surface area contributed by atoms with Crippen LogP contribution in [0.5, 0.6) is 0 Å². The fraction of sp³-hybridized carbons (Fsp3) is 0.143. The highest BCUT2D eigenvalue weighted by Crippen LogP contribution is 2.18. The van der Waals surface area contributed by atoms with Crippen molar-refractivity contribution < 1.29 is 4.79 Å². The topological polar surface area (TPSA) is 80.0 Å². The third kappa shape index (κ3) is 3.55. The third-order valence-electron chi connectivity index (χ3n) is 2.86. The van der Waals surface area contributed by atoms with Crippen LogP contribution in [0.1, 0.15) is 29.0 Å². The molecule has 0 fully saturated rings. The molecule has 6 heteroatoms. The van der Waals surface area contributed by atoms with Gasteiger partial charge >= 0.3 is 0 Å². The minimum atomic E-state index is -0.221. The number of benzene rings is 1. The highest BCUT2D eigenvalue weighted by atomic mass is 79.9. The van der Waals surface area contributed by atoms with E-state index >= 15 is 0 Å². The number of hydrogen-bond acceptors (Lipinski definition) is 4. The number of halogens is 1. The summed E-state index contributed by atoms with van der Waals surface area (Å²) in [6, 6.07) is 11.0. The number of carbonyl (C=O) groups is 1. The van der Waals surface area contributed by atoms with Crippen molar-refractivity contribution in [2.75, 3.05) is 5.43 Å². The number of anilines is 1.